The Labute approximate surface area is 167 Å². The summed E-state index contributed by atoms with van der Waals surface area (Å²) in [5.74, 6) is 0.748. The van der Waals surface area contributed by atoms with E-state index >= 15 is 0 Å². The van der Waals surface area contributed by atoms with Crippen LogP contribution in [0, 0.1) is 5.92 Å². The van der Waals surface area contributed by atoms with E-state index in [1.807, 2.05) is 29.2 Å². The fourth-order valence-corrected chi connectivity index (χ4v) is 4.49. The van der Waals surface area contributed by atoms with Gasteiger partial charge in [0.15, 0.2) is 0 Å². The van der Waals surface area contributed by atoms with Gasteiger partial charge in [0.1, 0.15) is 0 Å². The van der Waals surface area contributed by atoms with Crippen LogP contribution in [0.1, 0.15) is 50.5 Å². The number of nitrogens with one attached hydrogen (secondary N) is 2. The summed E-state index contributed by atoms with van der Waals surface area (Å²) in [6.07, 6.45) is 12.3. The van der Waals surface area contributed by atoms with E-state index in [9.17, 15) is 9.59 Å². The van der Waals surface area contributed by atoms with Crippen LogP contribution >= 0.6 is 0 Å². The molecule has 5 nitrogen and oxygen atoms in total. The number of hydrogen-bond acceptors (Lipinski definition) is 3. The standard InChI is InChI=1S/C23H31N3O2/c27-22(26-15-13-18-8-1-2-10-21(18)26)12-11-19(16-17-6-5-7-17)25-23(28)20-9-3-4-14-24-20/h1-2,8,10-12,17,19-20,24H,3-7,9,13-16H2,(H,25,28)/t19-,20+/m1/s1. The molecule has 1 aromatic carbocycles. The predicted octanol–water partition coefficient (Wildman–Crippen LogP) is 2.95. The third kappa shape index (κ3) is 4.46. The van der Waals surface area contributed by atoms with Gasteiger partial charge in [0.25, 0.3) is 5.91 Å². The molecule has 1 saturated carbocycles. The lowest BCUT2D eigenvalue weighted by molar-refractivity contribution is -0.124. The van der Waals surface area contributed by atoms with Crippen molar-refractivity contribution in [3.8, 4) is 0 Å². The summed E-state index contributed by atoms with van der Waals surface area (Å²) in [5, 5.41) is 6.51. The minimum absolute atomic E-state index is 0.00796. The largest absolute Gasteiger partial charge is 0.349 e. The second-order valence-corrected chi connectivity index (χ2v) is 8.38. The average Bonchev–Trinajstić information content (AvgIpc) is 3.13. The number of amides is 2. The van der Waals surface area contributed by atoms with Crippen LogP contribution in [0.25, 0.3) is 0 Å². The Hall–Kier alpha value is -2.14. The Morgan fingerprint density at radius 1 is 1.18 bits per heavy atom. The van der Waals surface area contributed by atoms with E-state index in [4.69, 9.17) is 0 Å². The van der Waals surface area contributed by atoms with Gasteiger partial charge in [0.05, 0.1) is 6.04 Å². The molecule has 28 heavy (non-hydrogen) atoms. The zero-order chi connectivity index (χ0) is 19.3. The molecule has 0 spiro atoms. The number of carbonyl (C=O) groups excluding carboxylic acids is 2. The molecule has 2 N–H and O–H groups in total. The second kappa shape index (κ2) is 8.91. The summed E-state index contributed by atoms with van der Waals surface area (Å²) in [5.41, 5.74) is 2.25. The van der Waals surface area contributed by atoms with Gasteiger partial charge in [-0.05, 0) is 49.8 Å². The van der Waals surface area contributed by atoms with Gasteiger partial charge in [-0.3, -0.25) is 9.59 Å². The van der Waals surface area contributed by atoms with Crippen LogP contribution in [0.2, 0.25) is 0 Å². The molecule has 1 aliphatic carbocycles. The average molecular weight is 382 g/mol. The highest BCUT2D eigenvalue weighted by molar-refractivity contribution is 6.03. The molecule has 0 unspecified atom stereocenters. The SMILES string of the molecule is O=C(N[C@H](C=CC(=O)N1CCc2ccccc21)CC1CCC1)[C@@H]1CCCCN1. The Balaban J connectivity index is 1.39. The molecule has 0 aromatic heterocycles. The van der Waals surface area contributed by atoms with Crippen LogP contribution in [0.5, 0.6) is 0 Å². The Morgan fingerprint density at radius 2 is 2.04 bits per heavy atom. The number of hydrogen-bond donors (Lipinski definition) is 2. The molecule has 1 saturated heterocycles. The lowest BCUT2D eigenvalue weighted by Gasteiger charge is -2.30. The van der Waals surface area contributed by atoms with Crippen molar-refractivity contribution in [2.24, 2.45) is 5.92 Å². The first kappa shape index (κ1) is 19.2. The van der Waals surface area contributed by atoms with Crippen LogP contribution in [0.3, 0.4) is 0 Å². The number of rotatable bonds is 6. The van der Waals surface area contributed by atoms with E-state index in [0.29, 0.717) is 5.92 Å². The van der Waals surface area contributed by atoms with Crippen molar-refractivity contribution in [3.05, 3.63) is 42.0 Å². The highest BCUT2D eigenvalue weighted by Gasteiger charge is 2.27. The minimum Gasteiger partial charge on any atom is -0.349 e. The van der Waals surface area contributed by atoms with Crippen molar-refractivity contribution in [3.63, 3.8) is 0 Å². The van der Waals surface area contributed by atoms with Gasteiger partial charge in [-0.15, -0.1) is 0 Å². The maximum atomic E-state index is 12.8. The molecule has 3 aliphatic rings. The number of nitrogens with zero attached hydrogens (tertiary/aromatic N) is 1. The maximum absolute atomic E-state index is 12.8. The molecule has 2 fully saturated rings. The van der Waals surface area contributed by atoms with Crippen molar-refractivity contribution in [2.75, 3.05) is 18.0 Å². The van der Waals surface area contributed by atoms with Crippen molar-refractivity contribution < 1.29 is 9.59 Å². The number of benzene rings is 1. The zero-order valence-electron chi connectivity index (χ0n) is 16.5. The van der Waals surface area contributed by atoms with E-state index in [0.717, 1.165) is 50.9 Å². The van der Waals surface area contributed by atoms with E-state index in [1.165, 1.54) is 24.8 Å². The Bertz CT molecular complexity index is 735. The van der Waals surface area contributed by atoms with Gasteiger partial charge in [0, 0.05) is 24.4 Å². The molecule has 2 amide bonds. The highest BCUT2D eigenvalue weighted by atomic mass is 16.2. The number of fused-ring (bicyclic) bond motifs is 1. The Morgan fingerprint density at radius 3 is 2.79 bits per heavy atom. The zero-order valence-corrected chi connectivity index (χ0v) is 16.5. The fraction of sp³-hybridized carbons (Fsp3) is 0.565. The van der Waals surface area contributed by atoms with Crippen molar-refractivity contribution in [2.45, 2.75) is 63.5 Å². The smallest absolute Gasteiger partial charge is 0.250 e. The molecule has 150 valence electrons. The summed E-state index contributed by atoms with van der Waals surface area (Å²) in [7, 11) is 0. The maximum Gasteiger partial charge on any atom is 0.250 e. The van der Waals surface area contributed by atoms with E-state index in [-0.39, 0.29) is 23.9 Å². The van der Waals surface area contributed by atoms with Crippen molar-refractivity contribution in [1.29, 1.82) is 0 Å². The van der Waals surface area contributed by atoms with Crippen LogP contribution < -0.4 is 15.5 Å². The first-order valence-electron chi connectivity index (χ1n) is 10.8. The van der Waals surface area contributed by atoms with Crippen LogP contribution in [0.4, 0.5) is 5.69 Å². The monoisotopic (exact) mass is 381 g/mol. The van der Waals surface area contributed by atoms with Crippen LogP contribution in [0.15, 0.2) is 36.4 Å². The molecule has 2 heterocycles. The molecule has 0 radical (unpaired) electrons. The van der Waals surface area contributed by atoms with Gasteiger partial charge in [-0.1, -0.05) is 50.0 Å². The number of para-hydroxylation sites is 1. The van der Waals surface area contributed by atoms with Crippen molar-refractivity contribution >= 4 is 17.5 Å². The predicted molar refractivity (Wildman–Crippen MR) is 111 cm³/mol. The van der Waals surface area contributed by atoms with E-state index in [2.05, 4.69) is 16.7 Å². The summed E-state index contributed by atoms with van der Waals surface area (Å²) < 4.78 is 0. The quantitative estimate of drug-likeness (QED) is 0.745. The van der Waals surface area contributed by atoms with E-state index < -0.39 is 0 Å². The summed E-state index contributed by atoms with van der Waals surface area (Å²) in [6.45, 7) is 1.64. The lowest BCUT2D eigenvalue weighted by Crippen LogP contribution is -2.49. The summed E-state index contributed by atoms with van der Waals surface area (Å²) >= 11 is 0. The minimum atomic E-state index is -0.0906. The Kier molecular flexibility index (Phi) is 6.10. The van der Waals surface area contributed by atoms with Gasteiger partial charge in [-0.25, -0.2) is 0 Å². The molecule has 2 aliphatic heterocycles. The highest BCUT2D eigenvalue weighted by Crippen LogP contribution is 2.31. The van der Waals surface area contributed by atoms with Gasteiger partial charge >= 0.3 is 0 Å². The number of piperidine rings is 1. The molecular formula is C23H31N3O2. The lowest BCUT2D eigenvalue weighted by atomic mass is 9.80. The fourth-order valence-electron chi connectivity index (χ4n) is 4.49. The number of anilines is 1. The second-order valence-electron chi connectivity index (χ2n) is 8.38. The van der Waals surface area contributed by atoms with Crippen molar-refractivity contribution in [1.82, 2.24) is 10.6 Å². The van der Waals surface area contributed by atoms with Gasteiger partial charge in [-0.2, -0.15) is 0 Å². The van der Waals surface area contributed by atoms with Gasteiger partial charge in [0.2, 0.25) is 5.91 Å². The molecule has 1 aromatic rings. The first-order chi connectivity index (χ1) is 13.7. The third-order valence-electron chi connectivity index (χ3n) is 6.39. The molecular weight excluding hydrogens is 350 g/mol. The molecule has 5 heteroatoms. The topological polar surface area (TPSA) is 61.4 Å². The third-order valence-corrected chi connectivity index (χ3v) is 6.39. The summed E-state index contributed by atoms with van der Waals surface area (Å²) in [4.78, 5) is 27.3. The normalized spacial score (nSPS) is 23.3. The molecule has 0 bridgehead atoms. The first-order valence-corrected chi connectivity index (χ1v) is 10.8. The van der Waals surface area contributed by atoms with Gasteiger partial charge < -0.3 is 15.5 Å². The molecule has 2 atom stereocenters. The summed E-state index contributed by atoms with van der Waals surface area (Å²) in [6, 6.07) is 7.94. The molecule has 4 rings (SSSR count). The van der Waals surface area contributed by atoms with Crippen LogP contribution in [-0.4, -0.2) is 37.0 Å². The van der Waals surface area contributed by atoms with E-state index in [1.54, 1.807) is 6.08 Å². The van der Waals surface area contributed by atoms with Crippen LogP contribution in [-0.2, 0) is 16.0 Å². The number of carbonyl (C=O) groups is 2.